The number of aliphatic hydroxyl groups is 2. The lowest BCUT2D eigenvalue weighted by molar-refractivity contribution is 0.000861. The minimum absolute atomic E-state index is 0.0763. The molecule has 1 aliphatic heterocycles. The third kappa shape index (κ3) is 3.44. The monoisotopic (exact) mass is 330 g/mol. The molecule has 5 nitrogen and oxygen atoms in total. The third-order valence-electron chi connectivity index (χ3n) is 4.37. The molecule has 0 radical (unpaired) electrons. The summed E-state index contributed by atoms with van der Waals surface area (Å²) in [4.78, 5) is 18.3. The predicted octanol–water partition coefficient (Wildman–Crippen LogP) is 1.70. The number of rotatable bonds is 3. The smallest absolute Gasteiger partial charge is 0.255 e. The normalized spacial score (nSPS) is 20.9. The summed E-state index contributed by atoms with van der Waals surface area (Å²) in [6.07, 6.45) is 1.32. The Bertz CT molecular complexity index is 720. The van der Waals surface area contributed by atoms with Crippen LogP contribution in [0.2, 0.25) is 0 Å². The van der Waals surface area contributed by atoms with Gasteiger partial charge in [-0.3, -0.25) is 9.78 Å². The SMILES string of the molecule is O=C(c1ccc(-c2cccc(F)c2)nc1)N1CC[C@@H](CO)[C@H](O)C1. The Balaban J connectivity index is 1.73. The highest BCUT2D eigenvalue weighted by atomic mass is 19.1. The van der Waals surface area contributed by atoms with Crippen LogP contribution in [0.1, 0.15) is 16.8 Å². The summed E-state index contributed by atoms with van der Waals surface area (Å²) >= 11 is 0. The zero-order chi connectivity index (χ0) is 17.1. The van der Waals surface area contributed by atoms with E-state index in [4.69, 9.17) is 5.11 Å². The molecule has 1 aromatic carbocycles. The van der Waals surface area contributed by atoms with Crippen molar-refractivity contribution < 1.29 is 19.4 Å². The summed E-state index contributed by atoms with van der Waals surface area (Å²) in [7, 11) is 0. The minimum Gasteiger partial charge on any atom is -0.396 e. The molecule has 0 aliphatic carbocycles. The molecule has 0 saturated carbocycles. The van der Waals surface area contributed by atoms with Crippen molar-refractivity contribution in [2.24, 2.45) is 5.92 Å². The first-order valence-electron chi connectivity index (χ1n) is 7.88. The largest absolute Gasteiger partial charge is 0.396 e. The molecule has 0 unspecified atom stereocenters. The van der Waals surface area contributed by atoms with E-state index in [9.17, 15) is 14.3 Å². The maximum absolute atomic E-state index is 13.3. The van der Waals surface area contributed by atoms with Crippen LogP contribution >= 0.6 is 0 Å². The summed E-state index contributed by atoms with van der Waals surface area (Å²) in [5.41, 5.74) is 1.66. The van der Waals surface area contributed by atoms with Gasteiger partial charge in [0.15, 0.2) is 0 Å². The number of likely N-dealkylation sites (tertiary alicyclic amines) is 1. The van der Waals surface area contributed by atoms with Gasteiger partial charge in [0.25, 0.3) is 5.91 Å². The van der Waals surface area contributed by atoms with Crippen LogP contribution in [0.5, 0.6) is 0 Å². The average Bonchev–Trinajstić information content (AvgIpc) is 2.61. The number of carbonyl (C=O) groups is 1. The molecule has 1 aromatic heterocycles. The molecule has 3 rings (SSSR count). The van der Waals surface area contributed by atoms with Gasteiger partial charge in [-0.25, -0.2) is 4.39 Å². The van der Waals surface area contributed by atoms with Gasteiger partial charge in [0, 0.05) is 37.4 Å². The second-order valence-electron chi connectivity index (χ2n) is 5.99. The van der Waals surface area contributed by atoms with E-state index in [2.05, 4.69) is 4.98 Å². The number of piperidine rings is 1. The molecule has 1 fully saturated rings. The first-order valence-corrected chi connectivity index (χ1v) is 7.88. The molecule has 126 valence electrons. The number of β-amino-alcohol motifs (C(OH)–C–C–N with tert-alkyl or cyclic N) is 1. The van der Waals surface area contributed by atoms with Crippen molar-refractivity contribution in [2.75, 3.05) is 19.7 Å². The molecular weight excluding hydrogens is 311 g/mol. The molecular formula is C18H19FN2O3. The van der Waals surface area contributed by atoms with Crippen LogP contribution in [0.3, 0.4) is 0 Å². The van der Waals surface area contributed by atoms with Crippen molar-refractivity contribution in [2.45, 2.75) is 12.5 Å². The second kappa shape index (κ2) is 7.07. The molecule has 0 bridgehead atoms. The summed E-state index contributed by atoms with van der Waals surface area (Å²) < 4.78 is 13.3. The Morgan fingerprint density at radius 2 is 2.17 bits per heavy atom. The van der Waals surface area contributed by atoms with Crippen LogP contribution in [0, 0.1) is 11.7 Å². The van der Waals surface area contributed by atoms with E-state index < -0.39 is 6.10 Å². The Hall–Kier alpha value is -2.31. The number of halogens is 1. The fourth-order valence-corrected chi connectivity index (χ4v) is 2.90. The molecule has 2 atom stereocenters. The first-order chi connectivity index (χ1) is 11.6. The zero-order valence-electron chi connectivity index (χ0n) is 13.1. The number of hydrogen-bond acceptors (Lipinski definition) is 4. The summed E-state index contributed by atoms with van der Waals surface area (Å²) in [6.45, 7) is 0.621. The van der Waals surface area contributed by atoms with Crippen molar-refractivity contribution in [3.8, 4) is 11.3 Å². The number of hydrogen-bond donors (Lipinski definition) is 2. The highest BCUT2D eigenvalue weighted by Gasteiger charge is 2.30. The Morgan fingerprint density at radius 3 is 2.79 bits per heavy atom. The van der Waals surface area contributed by atoms with Crippen LogP contribution < -0.4 is 0 Å². The molecule has 1 saturated heterocycles. The summed E-state index contributed by atoms with van der Waals surface area (Å²) in [5.74, 6) is -0.721. The Morgan fingerprint density at radius 1 is 1.33 bits per heavy atom. The Labute approximate surface area is 139 Å². The second-order valence-corrected chi connectivity index (χ2v) is 5.99. The summed E-state index contributed by atoms with van der Waals surface area (Å²) in [5, 5.41) is 19.1. The van der Waals surface area contributed by atoms with Gasteiger partial charge in [0.2, 0.25) is 0 Å². The van der Waals surface area contributed by atoms with E-state index in [1.807, 2.05) is 0 Å². The average molecular weight is 330 g/mol. The number of pyridine rings is 1. The van der Waals surface area contributed by atoms with Crippen LogP contribution in [-0.4, -0.2) is 51.8 Å². The van der Waals surface area contributed by atoms with Crippen molar-refractivity contribution in [1.82, 2.24) is 9.88 Å². The van der Waals surface area contributed by atoms with Crippen molar-refractivity contribution in [3.63, 3.8) is 0 Å². The molecule has 6 heteroatoms. The van der Waals surface area contributed by atoms with Crippen molar-refractivity contribution in [3.05, 3.63) is 54.0 Å². The quantitative estimate of drug-likeness (QED) is 0.898. The predicted molar refractivity (Wildman–Crippen MR) is 86.7 cm³/mol. The fourth-order valence-electron chi connectivity index (χ4n) is 2.90. The topological polar surface area (TPSA) is 73.7 Å². The summed E-state index contributed by atoms with van der Waals surface area (Å²) in [6, 6.07) is 9.45. The molecule has 2 N–H and O–H groups in total. The molecule has 24 heavy (non-hydrogen) atoms. The molecule has 1 aliphatic rings. The standard InChI is InChI=1S/C18H19FN2O3/c19-15-3-1-2-12(8-15)16-5-4-13(9-20-16)18(24)21-7-6-14(11-22)17(23)10-21/h1-5,8-9,14,17,22-23H,6-7,10-11H2/t14-,17+/m0/s1. The number of amides is 1. The van der Waals surface area contributed by atoms with E-state index in [0.717, 1.165) is 0 Å². The lowest BCUT2D eigenvalue weighted by Crippen LogP contribution is -2.47. The fraction of sp³-hybridized carbons (Fsp3) is 0.333. The van der Waals surface area contributed by atoms with Gasteiger partial charge < -0.3 is 15.1 Å². The molecule has 0 spiro atoms. The van der Waals surface area contributed by atoms with E-state index in [1.54, 1.807) is 29.2 Å². The highest BCUT2D eigenvalue weighted by Crippen LogP contribution is 2.21. The molecule has 2 aromatic rings. The van der Waals surface area contributed by atoms with E-state index in [1.165, 1.54) is 18.3 Å². The van der Waals surface area contributed by atoms with E-state index in [0.29, 0.717) is 29.8 Å². The van der Waals surface area contributed by atoms with Crippen LogP contribution in [0.25, 0.3) is 11.3 Å². The highest BCUT2D eigenvalue weighted by molar-refractivity contribution is 5.94. The van der Waals surface area contributed by atoms with E-state index >= 15 is 0 Å². The van der Waals surface area contributed by atoms with Crippen molar-refractivity contribution >= 4 is 5.91 Å². The van der Waals surface area contributed by atoms with Gasteiger partial charge in [-0.05, 0) is 30.7 Å². The number of benzene rings is 1. The lowest BCUT2D eigenvalue weighted by atomic mass is 9.94. The maximum atomic E-state index is 13.3. The van der Waals surface area contributed by atoms with Crippen LogP contribution in [0.4, 0.5) is 4.39 Å². The maximum Gasteiger partial charge on any atom is 0.255 e. The van der Waals surface area contributed by atoms with Crippen LogP contribution in [-0.2, 0) is 0 Å². The minimum atomic E-state index is -0.716. The Kier molecular flexibility index (Phi) is 4.87. The molecule has 2 heterocycles. The van der Waals surface area contributed by atoms with E-state index in [-0.39, 0.29) is 30.8 Å². The first kappa shape index (κ1) is 16.5. The lowest BCUT2D eigenvalue weighted by Gasteiger charge is -2.35. The molecule has 1 amide bonds. The van der Waals surface area contributed by atoms with Gasteiger partial charge in [-0.15, -0.1) is 0 Å². The van der Waals surface area contributed by atoms with Gasteiger partial charge in [0.1, 0.15) is 5.82 Å². The zero-order valence-corrected chi connectivity index (χ0v) is 13.1. The number of aliphatic hydroxyl groups excluding tert-OH is 2. The third-order valence-corrected chi connectivity index (χ3v) is 4.37. The number of nitrogens with zero attached hydrogens (tertiary/aromatic N) is 2. The van der Waals surface area contributed by atoms with Gasteiger partial charge in [-0.1, -0.05) is 12.1 Å². The van der Waals surface area contributed by atoms with Gasteiger partial charge in [0.05, 0.1) is 17.4 Å². The van der Waals surface area contributed by atoms with Gasteiger partial charge in [-0.2, -0.15) is 0 Å². The van der Waals surface area contributed by atoms with Gasteiger partial charge >= 0.3 is 0 Å². The van der Waals surface area contributed by atoms with Crippen LogP contribution in [0.15, 0.2) is 42.6 Å². The van der Waals surface area contributed by atoms with Crippen molar-refractivity contribution in [1.29, 1.82) is 0 Å². The number of aromatic nitrogens is 1. The number of carbonyl (C=O) groups excluding carboxylic acids is 1.